The van der Waals surface area contributed by atoms with Gasteiger partial charge in [-0.3, -0.25) is 0 Å². The molecular formula is C26H27F3O2. The molecule has 1 heterocycles. The van der Waals surface area contributed by atoms with Crippen molar-refractivity contribution >= 4 is 10.8 Å². The van der Waals surface area contributed by atoms with E-state index in [1.165, 1.54) is 18.9 Å². The fourth-order valence-electron chi connectivity index (χ4n) is 4.06. The number of hydrogen-bond acceptors (Lipinski definition) is 2. The molecule has 4 rings (SSSR count). The third kappa shape index (κ3) is 5.10. The van der Waals surface area contributed by atoms with Crippen molar-refractivity contribution in [2.24, 2.45) is 5.92 Å². The molecule has 0 aliphatic carbocycles. The molecule has 0 radical (unpaired) electrons. The molecule has 0 saturated carbocycles. The Morgan fingerprint density at radius 3 is 2.42 bits per heavy atom. The zero-order valence-electron chi connectivity index (χ0n) is 17.7. The molecule has 0 unspecified atom stereocenters. The molecule has 3 aromatic carbocycles. The van der Waals surface area contributed by atoms with E-state index in [1.807, 2.05) is 18.2 Å². The summed E-state index contributed by atoms with van der Waals surface area (Å²) in [6.07, 6.45) is 3.87. The van der Waals surface area contributed by atoms with E-state index >= 15 is 4.39 Å². The number of hydrogen-bond donors (Lipinski definition) is 0. The maximum Gasteiger partial charge on any atom is 0.183 e. The molecule has 2 nitrogen and oxygen atoms in total. The SMILES string of the molecule is CCCCC1COC(c2ccc3c(F)c(CCc4ccc(F)c(F)c4)ccc3c2)OC1. The molecular weight excluding hydrogens is 401 g/mol. The molecule has 0 N–H and O–H groups in total. The smallest absolute Gasteiger partial charge is 0.183 e. The summed E-state index contributed by atoms with van der Waals surface area (Å²) in [6.45, 7) is 3.54. The van der Waals surface area contributed by atoms with Crippen LogP contribution in [-0.2, 0) is 22.3 Å². The molecule has 3 aromatic rings. The molecule has 1 fully saturated rings. The number of rotatable bonds is 7. The summed E-state index contributed by atoms with van der Waals surface area (Å²) in [5.41, 5.74) is 2.07. The van der Waals surface area contributed by atoms with Crippen LogP contribution in [0.1, 0.15) is 49.2 Å². The van der Waals surface area contributed by atoms with E-state index in [0.29, 0.717) is 48.5 Å². The van der Waals surface area contributed by atoms with Crippen molar-refractivity contribution in [1.29, 1.82) is 0 Å². The van der Waals surface area contributed by atoms with Crippen LogP contribution in [0, 0.1) is 23.4 Å². The molecule has 164 valence electrons. The van der Waals surface area contributed by atoms with Gasteiger partial charge >= 0.3 is 0 Å². The lowest BCUT2D eigenvalue weighted by Gasteiger charge is -2.29. The molecule has 0 aromatic heterocycles. The number of ether oxygens (including phenoxy) is 2. The first kappa shape index (κ1) is 21.8. The maximum absolute atomic E-state index is 15.1. The third-order valence-corrected chi connectivity index (χ3v) is 5.93. The molecule has 31 heavy (non-hydrogen) atoms. The van der Waals surface area contributed by atoms with Gasteiger partial charge in [0, 0.05) is 16.9 Å². The lowest BCUT2D eigenvalue weighted by Crippen LogP contribution is -2.27. The quantitative estimate of drug-likeness (QED) is 0.408. The molecule has 5 heteroatoms. The Hall–Kier alpha value is -2.37. The van der Waals surface area contributed by atoms with Gasteiger partial charge in [-0.2, -0.15) is 0 Å². The van der Waals surface area contributed by atoms with Gasteiger partial charge in [0.05, 0.1) is 13.2 Å². The van der Waals surface area contributed by atoms with E-state index in [4.69, 9.17) is 9.47 Å². The average molecular weight is 428 g/mol. The van der Waals surface area contributed by atoms with Crippen LogP contribution >= 0.6 is 0 Å². The largest absolute Gasteiger partial charge is 0.348 e. The van der Waals surface area contributed by atoms with Crippen molar-refractivity contribution in [2.45, 2.75) is 45.3 Å². The standard InChI is InChI=1S/C26H27F3O2/c1-2-3-4-18-15-30-26(31-16-18)21-10-11-22-20(14-21)9-8-19(25(22)29)7-5-17-6-12-23(27)24(28)13-17/h6,8-14,18,26H,2-5,7,15-16H2,1H3. The van der Waals surface area contributed by atoms with Gasteiger partial charge in [-0.15, -0.1) is 0 Å². The Labute approximate surface area is 181 Å². The van der Waals surface area contributed by atoms with E-state index < -0.39 is 17.9 Å². The van der Waals surface area contributed by atoms with Crippen LogP contribution < -0.4 is 0 Å². The summed E-state index contributed by atoms with van der Waals surface area (Å²) < 4.78 is 53.4. The number of unbranched alkanes of at least 4 members (excludes halogenated alkanes) is 1. The highest BCUT2D eigenvalue weighted by molar-refractivity contribution is 5.84. The number of halogens is 3. The predicted octanol–water partition coefficient (Wildman–Crippen LogP) is 6.89. The van der Waals surface area contributed by atoms with E-state index in [2.05, 4.69) is 6.92 Å². The zero-order chi connectivity index (χ0) is 21.8. The molecule has 1 aliphatic rings. The van der Waals surface area contributed by atoms with Crippen LogP contribution in [0.5, 0.6) is 0 Å². The minimum atomic E-state index is -0.882. The second-order valence-corrected chi connectivity index (χ2v) is 8.27. The fourth-order valence-corrected chi connectivity index (χ4v) is 4.06. The summed E-state index contributed by atoms with van der Waals surface area (Å²) in [5.74, 6) is -1.60. The number of fused-ring (bicyclic) bond motifs is 1. The first-order valence-corrected chi connectivity index (χ1v) is 10.9. The van der Waals surface area contributed by atoms with Crippen LogP contribution in [0.25, 0.3) is 10.8 Å². The maximum atomic E-state index is 15.1. The van der Waals surface area contributed by atoms with E-state index in [1.54, 1.807) is 12.1 Å². The van der Waals surface area contributed by atoms with Gasteiger partial charge in [0.1, 0.15) is 5.82 Å². The highest BCUT2D eigenvalue weighted by Crippen LogP contribution is 2.31. The van der Waals surface area contributed by atoms with Crippen LogP contribution in [0.2, 0.25) is 0 Å². The second kappa shape index (κ2) is 9.84. The fraction of sp³-hybridized carbons (Fsp3) is 0.385. The summed E-state index contributed by atoms with van der Waals surface area (Å²) in [6, 6.07) is 13.0. The van der Waals surface area contributed by atoms with E-state index in [0.717, 1.165) is 29.5 Å². The Bertz CT molecular complexity index is 1040. The summed E-state index contributed by atoms with van der Waals surface area (Å²) >= 11 is 0. The van der Waals surface area contributed by atoms with E-state index in [9.17, 15) is 8.78 Å². The minimum Gasteiger partial charge on any atom is -0.348 e. The van der Waals surface area contributed by atoms with Crippen molar-refractivity contribution in [3.63, 3.8) is 0 Å². The minimum absolute atomic E-state index is 0.281. The molecule has 0 bridgehead atoms. The summed E-state index contributed by atoms with van der Waals surface area (Å²) in [5, 5.41) is 1.31. The average Bonchev–Trinajstić information content (AvgIpc) is 2.79. The van der Waals surface area contributed by atoms with Crippen LogP contribution in [0.15, 0.2) is 48.5 Å². The van der Waals surface area contributed by atoms with Gasteiger partial charge in [0.2, 0.25) is 0 Å². The first-order chi connectivity index (χ1) is 15.0. The molecule has 1 aliphatic heterocycles. The Kier molecular flexibility index (Phi) is 6.93. The molecule has 0 spiro atoms. The van der Waals surface area contributed by atoms with Crippen molar-refractivity contribution in [2.75, 3.05) is 13.2 Å². The van der Waals surface area contributed by atoms with Gasteiger partial charge in [0.15, 0.2) is 17.9 Å². The van der Waals surface area contributed by atoms with E-state index in [-0.39, 0.29) is 5.82 Å². The molecule has 0 amide bonds. The predicted molar refractivity (Wildman–Crippen MR) is 115 cm³/mol. The monoisotopic (exact) mass is 428 g/mol. The van der Waals surface area contributed by atoms with Gasteiger partial charge in [-0.25, -0.2) is 13.2 Å². The molecule has 0 atom stereocenters. The number of aryl methyl sites for hydroxylation is 2. The highest BCUT2D eigenvalue weighted by atomic mass is 19.2. The first-order valence-electron chi connectivity index (χ1n) is 10.9. The van der Waals surface area contributed by atoms with Gasteiger partial charge in [0.25, 0.3) is 0 Å². The zero-order valence-corrected chi connectivity index (χ0v) is 17.7. The normalized spacial score (nSPS) is 19.1. The van der Waals surface area contributed by atoms with Crippen molar-refractivity contribution in [3.8, 4) is 0 Å². The highest BCUT2D eigenvalue weighted by Gasteiger charge is 2.23. The van der Waals surface area contributed by atoms with Gasteiger partial charge < -0.3 is 9.47 Å². The topological polar surface area (TPSA) is 18.5 Å². The van der Waals surface area contributed by atoms with Crippen molar-refractivity contribution in [3.05, 3.63) is 82.7 Å². The summed E-state index contributed by atoms with van der Waals surface area (Å²) in [7, 11) is 0. The van der Waals surface area contributed by atoms with Gasteiger partial charge in [-0.05, 0) is 54.0 Å². The van der Waals surface area contributed by atoms with Crippen molar-refractivity contribution < 1.29 is 22.6 Å². The Morgan fingerprint density at radius 1 is 0.871 bits per heavy atom. The third-order valence-electron chi connectivity index (χ3n) is 5.93. The lowest BCUT2D eigenvalue weighted by molar-refractivity contribution is -0.206. The van der Waals surface area contributed by atoms with Crippen LogP contribution in [0.3, 0.4) is 0 Å². The molecule has 1 saturated heterocycles. The van der Waals surface area contributed by atoms with Gasteiger partial charge in [-0.1, -0.05) is 50.1 Å². The Morgan fingerprint density at radius 2 is 1.68 bits per heavy atom. The van der Waals surface area contributed by atoms with Crippen molar-refractivity contribution in [1.82, 2.24) is 0 Å². The Balaban J connectivity index is 1.45. The summed E-state index contributed by atoms with van der Waals surface area (Å²) in [4.78, 5) is 0. The van der Waals surface area contributed by atoms with Crippen LogP contribution in [-0.4, -0.2) is 13.2 Å². The number of benzene rings is 3. The lowest BCUT2D eigenvalue weighted by atomic mass is 9.98. The van der Waals surface area contributed by atoms with Crippen LogP contribution in [0.4, 0.5) is 13.2 Å². The second-order valence-electron chi connectivity index (χ2n) is 8.27.